The molecular formula is C19H23N5OS2. The summed E-state index contributed by atoms with van der Waals surface area (Å²) >= 11 is 3.16. The summed E-state index contributed by atoms with van der Waals surface area (Å²) < 4.78 is 1.80. The highest BCUT2D eigenvalue weighted by Crippen LogP contribution is 2.26. The summed E-state index contributed by atoms with van der Waals surface area (Å²) in [7, 11) is 0. The summed E-state index contributed by atoms with van der Waals surface area (Å²) in [5.74, 6) is 1.12. The average Bonchev–Trinajstić information content (AvgIpc) is 3.32. The molecule has 0 bridgehead atoms. The molecule has 0 aliphatic carbocycles. The number of tetrazole rings is 1. The Balaban J connectivity index is 1.57. The number of rotatable bonds is 9. The first kappa shape index (κ1) is 19.6. The van der Waals surface area contributed by atoms with E-state index in [1.807, 2.05) is 41.8 Å². The topological polar surface area (TPSA) is 72.7 Å². The van der Waals surface area contributed by atoms with Crippen molar-refractivity contribution in [1.82, 2.24) is 25.5 Å². The zero-order chi connectivity index (χ0) is 19.1. The van der Waals surface area contributed by atoms with Crippen LogP contribution in [0.5, 0.6) is 0 Å². The van der Waals surface area contributed by atoms with Crippen LogP contribution >= 0.6 is 23.1 Å². The molecule has 3 rings (SSSR count). The van der Waals surface area contributed by atoms with E-state index in [4.69, 9.17) is 0 Å². The number of hydrogen-bond acceptors (Lipinski definition) is 6. The summed E-state index contributed by atoms with van der Waals surface area (Å²) in [6, 6.07) is 14.0. The number of nitrogens with one attached hydrogen (secondary N) is 1. The van der Waals surface area contributed by atoms with Crippen molar-refractivity contribution in [2.45, 2.75) is 38.0 Å². The van der Waals surface area contributed by atoms with Crippen molar-refractivity contribution in [2.75, 3.05) is 5.75 Å². The van der Waals surface area contributed by atoms with Crippen LogP contribution in [-0.2, 0) is 11.3 Å². The van der Waals surface area contributed by atoms with Gasteiger partial charge in [-0.15, -0.1) is 16.4 Å². The third-order valence-electron chi connectivity index (χ3n) is 3.86. The second kappa shape index (κ2) is 9.66. The molecule has 1 aromatic carbocycles. The molecule has 8 heteroatoms. The maximum Gasteiger partial charge on any atom is 0.221 e. The minimum atomic E-state index is -0.116. The number of aromatic nitrogens is 4. The van der Waals surface area contributed by atoms with E-state index < -0.39 is 0 Å². The molecule has 3 aromatic rings. The van der Waals surface area contributed by atoms with Crippen molar-refractivity contribution < 1.29 is 4.79 Å². The largest absolute Gasteiger partial charge is 0.344 e. The molecule has 0 spiro atoms. The standard InChI is InChI=1S/C19H23N5OS2/c1-14(2)13-24-19(21-22-23-24)27-12-10-17(25)20-18(16-9-6-11-26-16)15-7-4-3-5-8-15/h3-9,11,14,18H,10,12-13H2,1-2H3,(H,20,25). The monoisotopic (exact) mass is 401 g/mol. The highest BCUT2D eigenvalue weighted by molar-refractivity contribution is 7.99. The van der Waals surface area contributed by atoms with E-state index in [0.29, 0.717) is 18.1 Å². The number of carbonyl (C=O) groups excluding carboxylic acids is 1. The van der Waals surface area contributed by atoms with Crippen LogP contribution in [0.2, 0.25) is 0 Å². The third-order valence-corrected chi connectivity index (χ3v) is 5.76. The molecule has 6 nitrogen and oxygen atoms in total. The first-order valence-corrected chi connectivity index (χ1v) is 10.8. The van der Waals surface area contributed by atoms with Crippen LogP contribution < -0.4 is 5.32 Å². The highest BCUT2D eigenvalue weighted by Gasteiger charge is 2.18. The maximum atomic E-state index is 12.5. The summed E-state index contributed by atoms with van der Waals surface area (Å²) in [4.78, 5) is 13.7. The number of amides is 1. The fourth-order valence-electron chi connectivity index (χ4n) is 2.65. The Morgan fingerprint density at radius 2 is 2.04 bits per heavy atom. The molecule has 27 heavy (non-hydrogen) atoms. The Morgan fingerprint density at radius 1 is 1.22 bits per heavy atom. The molecule has 0 saturated carbocycles. The van der Waals surface area contributed by atoms with E-state index in [1.54, 1.807) is 16.0 Å². The molecule has 1 unspecified atom stereocenters. The number of thiophene rings is 1. The van der Waals surface area contributed by atoms with Crippen LogP contribution in [0.1, 0.15) is 36.8 Å². The molecule has 2 heterocycles. The van der Waals surface area contributed by atoms with E-state index in [1.165, 1.54) is 11.8 Å². The Bertz CT molecular complexity index is 833. The quantitative estimate of drug-likeness (QED) is 0.553. The van der Waals surface area contributed by atoms with Gasteiger partial charge in [-0.05, 0) is 33.4 Å². The molecule has 0 radical (unpaired) electrons. The number of thioether (sulfide) groups is 1. The molecule has 2 aromatic heterocycles. The lowest BCUT2D eigenvalue weighted by molar-refractivity contribution is -0.121. The predicted octanol–water partition coefficient (Wildman–Crippen LogP) is 3.78. The van der Waals surface area contributed by atoms with Crippen LogP contribution in [0.4, 0.5) is 0 Å². The van der Waals surface area contributed by atoms with Crippen molar-refractivity contribution in [1.29, 1.82) is 0 Å². The lowest BCUT2D eigenvalue weighted by Crippen LogP contribution is -2.29. The zero-order valence-corrected chi connectivity index (χ0v) is 17.0. The number of hydrogen-bond donors (Lipinski definition) is 1. The van der Waals surface area contributed by atoms with Gasteiger partial charge in [0.15, 0.2) is 0 Å². The predicted molar refractivity (Wildman–Crippen MR) is 109 cm³/mol. The van der Waals surface area contributed by atoms with Crippen molar-refractivity contribution in [3.63, 3.8) is 0 Å². The molecule has 1 N–H and O–H groups in total. The first-order valence-electron chi connectivity index (χ1n) is 8.90. The minimum Gasteiger partial charge on any atom is -0.344 e. The maximum absolute atomic E-state index is 12.5. The van der Waals surface area contributed by atoms with Crippen molar-refractivity contribution in [3.8, 4) is 0 Å². The smallest absolute Gasteiger partial charge is 0.221 e. The molecular weight excluding hydrogens is 378 g/mol. The molecule has 0 saturated heterocycles. The van der Waals surface area contributed by atoms with Crippen LogP contribution in [0, 0.1) is 5.92 Å². The fourth-order valence-corrected chi connectivity index (χ4v) is 4.28. The van der Waals surface area contributed by atoms with E-state index in [-0.39, 0.29) is 11.9 Å². The lowest BCUT2D eigenvalue weighted by atomic mass is 10.1. The second-order valence-corrected chi connectivity index (χ2v) is 8.60. The van der Waals surface area contributed by atoms with E-state index >= 15 is 0 Å². The normalized spacial score (nSPS) is 12.3. The van der Waals surface area contributed by atoms with Crippen molar-refractivity contribution in [2.24, 2.45) is 5.92 Å². The molecule has 1 amide bonds. The molecule has 0 aliphatic heterocycles. The van der Waals surface area contributed by atoms with Crippen LogP contribution in [0.3, 0.4) is 0 Å². The van der Waals surface area contributed by atoms with E-state index in [2.05, 4.69) is 40.8 Å². The summed E-state index contributed by atoms with van der Waals surface area (Å²) in [6.07, 6.45) is 0.411. The lowest BCUT2D eigenvalue weighted by Gasteiger charge is -2.18. The Labute approximate surface area is 167 Å². The third kappa shape index (κ3) is 5.64. The van der Waals surface area contributed by atoms with Crippen LogP contribution in [0.25, 0.3) is 0 Å². The molecule has 1 atom stereocenters. The van der Waals surface area contributed by atoms with Crippen LogP contribution in [-0.4, -0.2) is 31.9 Å². The minimum absolute atomic E-state index is 0.0210. The van der Waals surface area contributed by atoms with Gasteiger partial charge in [-0.3, -0.25) is 4.79 Å². The van der Waals surface area contributed by atoms with Gasteiger partial charge in [0.2, 0.25) is 11.1 Å². The van der Waals surface area contributed by atoms with Crippen molar-refractivity contribution >= 4 is 29.0 Å². The van der Waals surface area contributed by atoms with Gasteiger partial charge in [0.25, 0.3) is 0 Å². The van der Waals surface area contributed by atoms with Gasteiger partial charge in [-0.2, -0.15) is 0 Å². The van der Waals surface area contributed by atoms with E-state index in [0.717, 1.165) is 22.1 Å². The van der Waals surface area contributed by atoms with Gasteiger partial charge in [0, 0.05) is 23.6 Å². The van der Waals surface area contributed by atoms with E-state index in [9.17, 15) is 4.79 Å². The van der Waals surface area contributed by atoms with Gasteiger partial charge in [0.1, 0.15) is 0 Å². The van der Waals surface area contributed by atoms with Gasteiger partial charge in [0.05, 0.1) is 6.04 Å². The zero-order valence-electron chi connectivity index (χ0n) is 15.4. The number of carbonyl (C=O) groups is 1. The van der Waals surface area contributed by atoms with Gasteiger partial charge in [-0.25, -0.2) is 4.68 Å². The molecule has 142 valence electrons. The second-order valence-electron chi connectivity index (χ2n) is 6.56. The van der Waals surface area contributed by atoms with Crippen molar-refractivity contribution in [3.05, 3.63) is 58.3 Å². The van der Waals surface area contributed by atoms with Gasteiger partial charge in [-0.1, -0.05) is 62.0 Å². The molecule has 0 fully saturated rings. The fraction of sp³-hybridized carbons (Fsp3) is 0.368. The van der Waals surface area contributed by atoms with Crippen LogP contribution in [0.15, 0.2) is 53.0 Å². The summed E-state index contributed by atoms with van der Waals surface area (Å²) in [5, 5.41) is 17.7. The summed E-state index contributed by atoms with van der Waals surface area (Å²) in [5.41, 5.74) is 1.09. The Hall–Kier alpha value is -2.19. The SMILES string of the molecule is CC(C)Cn1nnnc1SCCC(=O)NC(c1ccccc1)c1cccs1. The highest BCUT2D eigenvalue weighted by atomic mass is 32.2. The Kier molecular flexibility index (Phi) is 7.00. The average molecular weight is 402 g/mol. The number of benzene rings is 1. The first-order chi connectivity index (χ1) is 13.1. The molecule has 0 aliphatic rings. The Morgan fingerprint density at radius 3 is 2.74 bits per heavy atom. The summed E-state index contributed by atoms with van der Waals surface area (Å²) in [6.45, 7) is 5.02. The van der Waals surface area contributed by atoms with Gasteiger partial charge >= 0.3 is 0 Å². The number of nitrogens with zero attached hydrogens (tertiary/aromatic N) is 4. The van der Waals surface area contributed by atoms with Gasteiger partial charge < -0.3 is 5.32 Å².